The molecule has 1 aliphatic rings. The molecule has 1 saturated heterocycles. The highest BCUT2D eigenvalue weighted by Crippen LogP contribution is 2.33. The number of thioether (sulfide) groups is 1. The van der Waals surface area contributed by atoms with Crippen LogP contribution < -0.4 is 5.32 Å². The molecule has 0 unspecified atom stereocenters. The summed E-state index contributed by atoms with van der Waals surface area (Å²) in [5.41, 5.74) is 2.98. The fraction of sp³-hybridized carbons (Fsp3) is 0. The van der Waals surface area contributed by atoms with Crippen LogP contribution in [0.15, 0.2) is 65.7 Å². The maximum atomic E-state index is 11.9. The average molecular weight is 382 g/mol. The summed E-state index contributed by atoms with van der Waals surface area (Å²) in [5, 5.41) is 7.10. The molecule has 26 heavy (non-hydrogen) atoms. The minimum absolute atomic E-state index is 0.330. The zero-order valence-electron chi connectivity index (χ0n) is 13.3. The van der Waals surface area contributed by atoms with Gasteiger partial charge in [0, 0.05) is 17.3 Å². The number of rotatable bonds is 3. The Kier molecular flexibility index (Phi) is 4.36. The van der Waals surface area contributed by atoms with Crippen LogP contribution in [0.4, 0.5) is 4.79 Å². The molecule has 7 heteroatoms. The van der Waals surface area contributed by atoms with Crippen molar-refractivity contribution in [2.75, 3.05) is 0 Å². The van der Waals surface area contributed by atoms with Crippen LogP contribution in [0.2, 0.25) is 5.02 Å². The van der Waals surface area contributed by atoms with Gasteiger partial charge in [0.05, 0.1) is 15.6 Å². The van der Waals surface area contributed by atoms with Crippen molar-refractivity contribution >= 4 is 40.6 Å². The molecule has 0 radical (unpaired) electrons. The van der Waals surface area contributed by atoms with Gasteiger partial charge in [-0.25, -0.2) is 4.68 Å². The first kappa shape index (κ1) is 16.6. The van der Waals surface area contributed by atoms with E-state index in [1.54, 1.807) is 16.8 Å². The van der Waals surface area contributed by atoms with Crippen LogP contribution >= 0.6 is 23.4 Å². The van der Waals surface area contributed by atoms with E-state index in [4.69, 9.17) is 11.6 Å². The third-order valence-corrected chi connectivity index (χ3v) is 4.96. The number of para-hydroxylation sites is 1. The Morgan fingerprint density at radius 1 is 1.04 bits per heavy atom. The Morgan fingerprint density at radius 2 is 1.77 bits per heavy atom. The number of hydrogen-bond acceptors (Lipinski definition) is 4. The molecule has 2 heterocycles. The van der Waals surface area contributed by atoms with Crippen LogP contribution in [0.5, 0.6) is 0 Å². The van der Waals surface area contributed by atoms with E-state index < -0.39 is 5.91 Å². The fourth-order valence-corrected chi connectivity index (χ4v) is 3.53. The second kappa shape index (κ2) is 6.82. The van der Waals surface area contributed by atoms with Gasteiger partial charge in [-0.1, -0.05) is 48.0 Å². The third kappa shape index (κ3) is 3.16. The molecule has 2 aromatic carbocycles. The Morgan fingerprint density at radius 3 is 2.46 bits per heavy atom. The molecular weight excluding hydrogens is 370 g/mol. The van der Waals surface area contributed by atoms with Crippen molar-refractivity contribution < 1.29 is 9.59 Å². The summed E-state index contributed by atoms with van der Waals surface area (Å²) >= 11 is 7.22. The van der Waals surface area contributed by atoms with Crippen LogP contribution in [0.3, 0.4) is 0 Å². The number of carbonyl (C=O) groups is 2. The molecule has 2 amide bonds. The van der Waals surface area contributed by atoms with Gasteiger partial charge >= 0.3 is 0 Å². The van der Waals surface area contributed by atoms with Crippen LogP contribution in [0, 0.1) is 0 Å². The van der Waals surface area contributed by atoms with Crippen LogP contribution in [0.25, 0.3) is 23.0 Å². The van der Waals surface area contributed by atoms with Crippen LogP contribution in [-0.4, -0.2) is 20.9 Å². The van der Waals surface area contributed by atoms with Gasteiger partial charge < -0.3 is 0 Å². The lowest BCUT2D eigenvalue weighted by atomic mass is 10.1. The lowest BCUT2D eigenvalue weighted by molar-refractivity contribution is -0.115. The predicted octanol–water partition coefficient (Wildman–Crippen LogP) is 4.52. The monoisotopic (exact) mass is 381 g/mol. The highest BCUT2D eigenvalue weighted by Gasteiger charge is 2.26. The molecule has 0 saturated carbocycles. The van der Waals surface area contributed by atoms with Gasteiger partial charge in [-0.15, -0.1) is 0 Å². The quantitative estimate of drug-likeness (QED) is 0.677. The molecule has 0 spiro atoms. The highest BCUT2D eigenvalue weighted by atomic mass is 35.5. The Labute approximate surface area is 158 Å². The molecule has 0 atom stereocenters. The Balaban J connectivity index is 1.88. The third-order valence-electron chi connectivity index (χ3n) is 3.82. The summed E-state index contributed by atoms with van der Waals surface area (Å²) in [4.78, 5) is 23.7. The van der Waals surface area contributed by atoms with Gasteiger partial charge in [0.2, 0.25) is 0 Å². The lowest BCUT2D eigenvalue weighted by Crippen LogP contribution is -2.17. The van der Waals surface area contributed by atoms with Crippen LogP contribution in [-0.2, 0) is 4.79 Å². The number of aromatic nitrogens is 2. The number of amides is 2. The van der Waals surface area contributed by atoms with Crippen molar-refractivity contribution in [1.29, 1.82) is 0 Å². The summed E-state index contributed by atoms with van der Waals surface area (Å²) in [6.07, 6.45) is 3.48. The molecule has 5 nitrogen and oxygen atoms in total. The second-order valence-corrected chi connectivity index (χ2v) is 6.97. The summed E-state index contributed by atoms with van der Waals surface area (Å²) in [5.74, 6) is -0.405. The molecule has 128 valence electrons. The summed E-state index contributed by atoms with van der Waals surface area (Å²) in [7, 11) is 0. The standard InChI is InChI=1S/C19H12ClN3O2S/c20-15-9-5-4-8-14(15)17-12(10-16-18(24)21-19(25)26-16)11-23(22-17)13-6-2-1-3-7-13/h1-11H,(H,21,24,25). The molecular formula is C19H12ClN3O2S. The maximum Gasteiger partial charge on any atom is 0.290 e. The summed E-state index contributed by atoms with van der Waals surface area (Å²) in [6, 6.07) is 17.0. The van der Waals surface area contributed by atoms with E-state index >= 15 is 0 Å². The van der Waals surface area contributed by atoms with E-state index in [9.17, 15) is 9.59 Å². The minimum atomic E-state index is -0.405. The average Bonchev–Trinajstić information content (AvgIpc) is 3.19. The number of carbonyl (C=O) groups excluding carboxylic acids is 2. The van der Waals surface area contributed by atoms with E-state index in [0.717, 1.165) is 23.0 Å². The van der Waals surface area contributed by atoms with E-state index in [2.05, 4.69) is 10.4 Å². The first-order chi connectivity index (χ1) is 12.6. The van der Waals surface area contributed by atoms with Crippen molar-refractivity contribution in [3.05, 3.63) is 76.3 Å². The SMILES string of the molecule is O=C1NC(=O)C(=Cc2cn(-c3ccccc3)nc2-c2ccccc2Cl)S1. The lowest BCUT2D eigenvalue weighted by Gasteiger charge is -2.02. The predicted molar refractivity (Wildman–Crippen MR) is 103 cm³/mol. The van der Waals surface area contributed by atoms with E-state index in [-0.39, 0.29) is 5.24 Å². The molecule has 4 rings (SSSR count). The number of nitrogens with one attached hydrogen (secondary N) is 1. The van der Waals surface area contributed by atoms with Crippen molar-refractivity contribution in [3.8, 4) is 16.9 Å². The first-order valence-corrected chi connectivity index (χ1v) is 8.96. The van der Waals surface area contributed by atoms with Gasteiger partial charge in [-0.2, -0.15) is 5.10 Å². The van der Waals surface area contributed by atoms with Crippen molar-refractivity contribution in [1.82, 2.24) is 15.1 Å². The zero-order valence-corrected chi connectivity index (χ0v) is 14.9. The smallest absolute Gasteiger partial charge is 0.282 e. The van der Waals surface area contributed by atoms with Gasteiger partial charge in [-0.3, -0.25) is 14.9 Å². The number of nitrogens with zero attached hydrogens (tertiary/aromatic N) is 2. The molecule has 1 N–H and O–H groups in total. The number of halogens is 1. The largest absolute Gasteiger partial charge is 0.290 e. The van der Waals surface area contributed by atoms with Gasteiger partial charge in [0.15, 0.2) is 0 Å². The minimum Gasteiger partial charge on any atom is -0.282 e. The zero-order chi connectivity index (χ0) is 18.1. The van der Waals surface area contributed by atoms with Crippen molar-refractivity contribution in [2.24, 2.45) is 0 Å². The van der Waals surface area contributed by atoms with Crippen molar-refractivity contribution in [2.45, 2.75) is 0 Å². The maximum absolute atomic E-state index is 11.9. The molecule has 1 aliphatic heterocycles. The van der Waals surface area contributed by atoms with E-state index in [1.165, 1.54) is 0 Å². The number of benzene rings is 2. The topological polar surface area (TPSA) is 64.0 Å². The molecule has 0 aliphatic carbocycles. The number of imide groups is 1. The second-order valence-electron chi connectivity index (χ2n) is 5.55. The molecule has 3 aromatic rings. The van der Waals surface area contributed by atoms with Gasteiger partial charge in [0.1, 0.15) is 5.69 Å². The summed E-state index contributed by atoms with van der Waals surface area (Å²) < 4.78 is 1.73. The Bertz CT molecular complexity index is 1040. The Hall–Kier alpha value is -2.83. The summed E-state index contributed by atoms with van der Waals surface area (Å²) in [6.45, 7) is 0. The highest BCUT2D eigenvalue weighted by molar-refractivity contribution is 8.18. The fourth-order valence-electron chi connectivity index (χ4n) is 2.63. The van der Waals surface area contributed by atoms with Crippen molar-refractivity contribution in [3.63, 3.8) is 0 Å². The molecule has 1 aromatic heterocycles. The van der Waals surface area contributed by atoms with Crippen LogP contribution in [0.1, 0.15) is 5.56 Å². The van der Waals surface area contributed by atoms with E-state index in [1.807, 2.05) is 54.7 Å². The van der Waals surface area contributed by atoms with E-state index in [0.29, 0.717) is 21.2 Å². The molecule has 0 bridgehead atoms. The normalized spacial score (nSPS) is 15.5. The van der Waals surface area contributed by atoms with Gasteiger partial charge in [-0.05, 0) is 36.0 Å². The molecule has 1 fully saturated rings. The number of hydrogen-bond donors (Lipinski definition) is 1. The first-order valence-electron chi connectivity index (χ1n) is 7.76. The van der Waals surface area contributed by atoms with Gasteiger partial charge in [0.25, 0.3) is 11.1 Å².